The van der Waals surface area contributed by atoms with Crippen LogP contribution in [0.4, 0.5) is 0 Å². The SMILES string of the molecule is Cc1ccc(-c2cc(C(=O)NCCc3cccc(Cl)c3)c3ccccc3n2)o1. The molecule has 0 fully saturated rings. The van der Waals surface area contributed by atoms with Crippen LogP contribution in [0.1, 0.15) is 21.7 Å². The maximum atomic E-state index is 12.9. The normalized spacial score (nSPS) is 10.9. The summed E-state index contributed by atoms with van der Waals surface area (Å²) in [4.78, 5) is 17.6. The second-order valence-corrected chi connectivity index (χ2v) is 7.05. The van der Waals surface area contributed by atoms with Crippen molar-refractivity contribution < 1.29 is 9.21 Å². The van der Waals surface area contributed by atoms with Gasteiger partial charge in [-0.25, -0.2) is 4.98 Å². The van der Waals surface area contributed by atoms with E-state index in [0.717, 1.165) is 22.2 Å². The molecule has 2 aromatic carbocycles. The highest BCUT2D eigenvalue weighted by molar-refractivity contribution is 6.30. The first-order valence-electron chi connectivity index (χ1n) is 9.09. The van der Waals surface area contributed by atoms with Gasteiger partial charge in [0.1, 0.15) is 11.5 Å². The summed E-state index contributed by atoms with van der Waals surface area (Å²) in [6.07, 6.45) is 0.708. The molecule has 4 aromatic rings. The quantitative estimate of drug-likeness (QED) is 0.494. The molecule has 0 bridgehead atoms. The number of fused-ring (bicyclic) bond motifs is 1. The third-order valence-corrected chi connectivity index (χ3v) is 4.78. The Labute approximate surface area is 168 Å². The molecule has 0 atom stereocenters. The van der Waals surface area contributed by atoms with E-state index in [4.69, 9.17) is 16.0 Å². The fourth-order valence-electron chi connectivity index (χ4n) is 3.17. The molecule has 0 aliphatic carbocycles. The molecule has 1 N–H and O–H groups in total. The number of para-hydroxylation sites is 1. The number of nitrogens with zero attached hydrogens (tertiary/aromatic N) is 1. The number of benzene rings is 2. The van der Waals surface area contributed by atoms with E-state index < -0.39 is 0 Å². The number of carbonyl (C=O) groups excluding carboxylic acids is 1. The lowest BCUT2D eigenvalue weighted by Crippen LogP contribution is -2.26. The number of aromatic nitrogens is 1. The Kier molecular flexibility index (Phi) is 5.13. The summed E-state index contributed by atoms with van der Waals surface area (Å²) in [5.74, 6) is 1.32. The van der Waals surface area contributed by atoms with Gasteiger partial charge in [-0.3, -0.25) is 4.79 Å². The number of pyridine rings is 1. The van der Waals surface area contributed by atoms with Crippen molar-refractivity contribution in [2.45, 2.75) is 13.3 Å². The first-order valence-corrected chi connectivity index (χ1v) is 9.47. The standard InChI is InChI=1S/C23H19ClN2O2/c1-15-9-10-22(28-15)21-14-19(18-7-2-3-8-20(18)26-21)23(27)25-12-11-16-5-4-6-17(24)13-16/h2-10,13-14H,11-12H2,1H3,(H,25,27). The Hall–Kier alpha value is -3.11. The molecule has 5 heteroatoms. The van der Waals surface area contributed by atoms with Crippen LogP contribution in [0, 0.1) is 6.92 Å². The van der Waals surface area contributed by atoms with E-state index in [1.165, 1.54) is 0 Å². The van der Waals surface area contributed by atoms with Crippen LogP contribution in [0.3, 0.4) is 0 Å². The molecule has 0 saturated carbocycles. The number of hydrogen-bond donors (Lipinski definition) is 1. The van der Waals surface area contributed by atoms with Crippen LogP contribution in [0.2, 0.25) is 5.02 Å². The number of amides is 1. The number of aryl methyl sites for hydroxylation is 1. The summed E-state index contributed by atoms with van der Waals surface area (Å²) in [5.41, 5.74) is 3.07. The summed E-state index contributed by atoms with van der Waals surface area (Å²) >= 11 is 6.02. The average molecular weight is 391 g/mol. The first kappa shape index (κ1) is 18.3. The highest BCUT2D eigenvalue weighted by atomic mass is 35.5. The topological polar surface area (TPSA) is 55.1 Å². The molecule has 2 aromatic heterocycles. The van der Waals surface area contributed by atoms with Crippen molar-refractivity contribution in [3.63, 3.8) is 0 Å². The molecule has 0 unspecified atom stereocenters. The van der Waals surface area contributed by atoms with Gasteiger partial charge in [-0.05, 0) is 55.3 Å². The first-order chi connectivity index (χ1) is 13.6. The van der Waals surface area contributed by atoms with Crippen molar-refractivity contribution in [1.29, 1.82) is 0 Å². The van der Waals surface area contributed by atoms with E-state index in [9.17, 15) is 4.79 Å². The van der Waals surface area contributed by atoms with Crippen LogP contribution < -0.4 is 5.32 Å². The molecule has 1 amide bonds. The maximum absolute atomic E-state index is 12.9. The van der Waals surface area contributed by atoms with Gasteiger partial charge in [0.05, 0.1) is 11.1 Å². The Morgan fingerprint density at radius 3 is 2.71 bits per heavy atom. The lowest BCUT2D eigenvalue weighted by atomic mass is 10.1. The van der Waals surface area contributed by atoms with E-state index >= 15 is 0 Å². The Balaban J connectivity index is 1.60. The number of halogens is 1. The molecule has 28 heavy (non-hydrogen) atoms. The van der Waals surface area contributed by atoms with Crippen LogP contribution in [0.15, 0.2) is 71.1 Å². The van der Waals surface area contributed by atoms with Crippen LogP contribution in [0.5, 0.6) is 0 Å². The summed E-state index contributed by atoms with van der Waals surface area (Å²) in [6.45, 7) is 2.40. The van der Waals surface area contributed by atoms with Crippen molar-refractivity contribution in [1.82, 2.24) is 10.3 Å². The molecule has 0 spiro atoms. The minimum absolute atomic E-state index is 0.134. The fourth-order valence-corrected chi connectivity index (χ4v) is 3.38. The monoisotopic (exact) mass is 390 g/mol. The highest BCUT2D eigenvalue weighted by Crippen LogP contribution is 2.26. The van der Waals surface area contributed by atoms with Gasteiger partial charge in [0.2, 0.25) is 0 Å². The molecule has 0 aliphatic rings. The van der Waals surface area contributed by atoms with E-state index in [-0.39, 0.29) is 5.91 Å². The van der Waals surface area contributed by atoms with Crippen LogP contribution in [0.25, 0.3) is 22.4 Å². The fraction of sp³-hybridized carbons (Fsp3) is 0.130. The van der Waals surface area contributed by atoms with Crippen LogP contribution in [-0.2, 0) is 6.42 Å². The second kappa shape index (κ2) is 7.87. The molecule has 2 heterocycles. The number of furan rings is 1. The van der Waals surface area contributed by atoms with E-state index in [1.54, 1.807) is 6.07 Å². The third kappa shape index (κ3) is 3.92. The second-order valence-electron chi connectivity index (χ2n) is 6.62. The minimum Gasteiger partial charge on any atom is -0.460 e. The van der Waals surface area contributed by atoms with Gasteiger partial charge in [0.25, 0.3) is 5.91 Å². The van der Waals surface area contributed by atoms with Gasteiger partial charge in [-0.15, -0.1) is 0 Å². The summed E-state index contributed by atoms with van der Waals surface area (Å²) in [7, 11) is 0. The van der Waals surface area contributed by atoms with Gasteiger partial charge in [-0.2, -0.15) is 0 Å². The summed E-state index contributed by atoms with van der Waals surface area (Å²) in [5, 5.41) is 4.51. The molecule has 0 radical (unpaired) electrons. The lowest BCUT2D eigenvalue weighted by Gasteiger charge is -2.10. The Morgan fingerprint density at radius 1 is 1.07 bits per heavy atom. The number of carbonyl (C=O) groups is 1. The van der Waals surface area contributed by atoms with Crippen LogP contribution in [-0.4, -0.2) is 17.4 Å². The third-order valence-electron chi connectivity index (χ3n) is 4.54. The lowest BCUT2D eigenvalue weighted by molar-refractivity contribution is 0.0956. The molecular weight excluding hydrogens is 372 g/mol. The van der Waals surface area contributed by atoms with E-state index in [0.29, 0.717) is 35.0 Å². The van der Waals surface area contributed by atoms with Gasteiger partial charge >= 0.3 is 0 Å². The average Bonchev–Trinajstić information content (AvgIpc) is 3.13. The van der Waals surface area contributed by atoms with Gasteiger partial charge in [0, 0.05) is 17.0 Å². The summed E-state index contributed by atoms with van der Waals surface area (Å²) in [6, 6.07) is 20.8. The summed E-state index contributed by atoms with van der Waals surface area (Å²) < 4.78 is 5.70. The van der Waals surface area contributed by atoms with Crippen LogP contribution >= 0.6 is 11.6 Å². The number of nitrogens with one attached hydrogen (secondary N) is 1. The van der Waals surface area contributed by atoms with Crippen molar-refractivity contribution in [3.05, 3.63) is 88.6 Å². The number of rotatable bonds is 5. The minimum atomic E-state index is -0.134. The zero-order chi connectivity index (χ0) is 19.5. The van der Waals surface area contributed by atoms with Gasteiger partial charge < -0.3 is 9.73 Å². The predicted molar refractivity (Wildman–Crippen MR) is 112 cm³/mol. The molecule has 4 nitrogen and oxygen atoms in total. The maximum Gasteiger partial charge on any atom is 0.252 e. The van der Waals surface area contributed by atoms with Crippen molar-refractivity contribution in [2.24, 2.45) is 0 Å². The Morgan fingerprint density at radius 2 is 1.93 bits per heavy atom. The molecule has 0 saturated heterocycles. The van der Waals surface area contributed by atoms with Crippen molar-refractivity contribution in [3.8, 4) is 11.5 Å². The predicted octanol–water partition coefficient (Wildman–Crippen LogP) is 5.43. The molecular formula is C23H19ClN2O2. The van der Waals surface area contributed by atoms with E-state index in [1.807, 2.05) is 67.6 Å². The van der Waals surface area contributed by atoms with Gasteiger partial charge in [0.15, 0.2) is 5.76 Å². The molecule has 0 aliphatic heterocycles. The zero-order valence-electron chi connectivity index (χ0n) is 15.4. The Bertz CT molecular complexity index is 1150. The van der Waals surface area contributed by atoms with Gasteiger partial charge in [-0.1, -0.05) is 41.9 Å². The molecule has 4 rings (SSSR count). The molecule has 140 valence electrons. The smallest absolute Gasteiger partial charge is 0.252 e. The van der Waals surface area contributed by atoms with Crippen molar-refractivity contribution >= 4 is 28.4 Å². The van der Waals surface area contributed by atoms with E-state index in [2.05, 4.69) is 10.3 Å². The highest BCUT2D eigenvalue weighted by Gasteiger charge is 2.15. The number of hydrogen-bond acceptors (Lipinski definition) is 3. The zero-order valence-corrected chi connectivity index (χ0v) is 16.2. The van der Waals surface area contributed by atoms with Crippen molar-refractivity contribution in [2.75, 3.05) is 6.54 Å². The largest absolute Gasteiger partial charge is 0.460 e.